The summed E-state index contributed by atoms with van der Waals surface area (Å²) in [7, 11) is 0. The Morgan fingerprint density at radius 2 is 2.00 bits per heavy atom. The summed E-state index contributed by atoms with van der Waals surface area (Å²) in [5.74, 6) is 4.89. The van der Waals surface area contributed by atoms with Gasteiger partial charge in [0, 0.05) is 4.90 Å². The summed E-state index contributed by atoms with van der Waals surface area (Å²) >= 11 is 1.17. The molecule has 1 rings (SSSR count). The van der Waals surface area contributed by atoms with Gasteiger partial charge in [-0.15, -0.1) is 0 Å². The Balaban J connectivity index is 2.66. The van der Waals surface area contributed by atoms with Crippen LogP contribution in [0.15, 0.2) is 29.2 Å². The lowest BCUT2D eigenvalue weighted by atomic mass is 10.2. The lowest BCUT2D eigenvalue weighted by molar-refractivity contribution is 0.398. The second-order valence-electron chi connectivity index (χ2n) is 2.18. The van der Waals surface area contributed by atoms with Gasteiger partial charge in [-0.1, -0.05) is 19.1 Å². The monoisotopic (exact) mass is 169 g/mol. The molecule has 2 nitrogen and oxygen atoms in total. The van der Waals surface area contributed by atoms with Crippen molar-refractivity contribution < 1.29 is 4.28 Å². The number of aryl methyl sites for hydroxylation is 1. The first kappa shape index (κ1) is 8.59. The molecule has 0 bridgehead atoms. The molecule has 0 saturated carbocycles. The zero-order valence-corrected chi connectivity index (χ0v) is 7.23. The van der Waals surface area contributed by atoms with Crippen molar-refractivity contribution in [1.29, 1.82) is 0 Å². The summed E-state index contributed by atoms with van der Waals surface area (Å²) in [6.07, 6.45) is 1.06. The summed E-state index contributed by atoms with van der Waals surface area (Å²) in [5, 5.41) is 0. The molecule has 11 heavy (non-hydrogen) atoms. The molecule has 0 amide bonds. The number of hydrogen-bond acceptors (Lipinski definition) is 3. The molecule has 1 aromatic carbocycles. The van der Waals surface area contributed by atoms with Crippen LogP contribution in [0.3, 0.4) is 0 Å². The fourth-order valence-electron chi connectivity index (χ4n) is 0.836. The van der Waals surface area contributed by atoms with Gasteiger partial charge in [-0.05, 0) is 24.1 Å². The molecule has 0 aliphatic heterocycles. The fourth-order valence-corrected chi connectivity index (χ4v) is 1.19. The highest BCUT2D eigenvalue weighted by Gasteiger charge is 1.92. The summed E-state index contributed by atoms with van der Waals surface area (Å²) in [5.41, 5.74) is 1.33. The third kappa shape index (κ3) is 2.54. The van der Waals surface area contributed by atoms with Gasteiger partial charge in [0.05, 0.1) is 12.0 Å². The highest BCUT2D eigenvalue weighted by molar-refractivity contribution is 7.94. The molecular weight excluding hydrogens is 158 g/mol. The minimum absolute atomic E-state index is 1.03. The van der Waals surface area contributed by atoms with Crippen LogP contribution in [-0.4, -0.2) is 0 Å². The maximum atomic E-state index is 4.89. The van der Waals surface area contributed by atoms with Crippen LogP contribution in [0.2, 0.25) is 0 Å². The molecule has 0 spiro atoms. The fraction of sp³-hybridized carbons (Fsp3) is 0.250. The van der Waals surface area contributed by atoms with Gasteiger partial charge in [0.2, 0.25) is 0 Å². The normalized spacial score (nSPS) is 10.0. The standard InChI is InChI=1S/C8H11NOS/c1-2-7-3-5-8(6-4-7)11-10-9/h3-6H,2,9H2,1H3. The average molecular weight is 169 g/mol. The first-order valence-corrected chi connectivity index (χ1v) is 4.23. The van der Waals surface area contributed by atoms with Crippen LogP contribution in [0.25, 0.3) is 0 Å². The molecule has 0 heterocycles. The quantitative estimate of drug-likeness (QED) is 0.556. The van der Waals surface area contributed by atoms with E-state index in [9.17, 15) is 0 Å². The van der Waals surface area contributed by atoms with E-state index in [0.29, 0.717) is 0 Å². The Bertz CT molecular complexity index is 210. The van der Waals surface area contributed by atoms with E-state index in [1.54, 1.807) is 0 Å². The van der Waals surface area contributed by atoms with Crippen LogP contribution >= 0.6 is 12.0 Å². The minimum Gasteiger partial charge on any atom is -0.229 e. The Kier molecular flexibility index (Phi) is 3.42. The third-order valence-corrected chi connectivity index (χ3v) is 2.04. The third-order valence-electron chi connectivity index (χ3n) is 1.48. The minimum atomic E-state index is 1.03. The molecule has 0 aliphatic carbocycles. The van der Waals surface area contributed by atoms with Gasteiger partial charge in [0.1, 0.15) is 0 Å². The molecule has 0 aromatic heterocycles. The summed E-state index contributed by atoms with van der Waals surface area (Å²) < 4.78 is 4.42. The molecule has 1 aromatic rings. The van der Waals surface area contributed by atoms with Crippen molar-refractivity contribution in [1.82, 2.24) is 0 Å². The van der Waals surface area contributed by atoms with Crippen LogP contribution in [0.5, 0.6) is 0 Å². The molecule has 2 N–H and O–H groups in total. The smallest absolute Gasteiger partial charge is 0.0521 e. The Morgan fingerprint density at radius 1 is 1.36 bits per heavy atom. The molecule has 0 radical (unpaired) electrons. The molecule has 3 heteroatoms. The Labute approximate surface area is 70.9 Å². The Hall–Kier alpha value is -0.510. The van der Waals surface area contributed by atoms with Gasteiger partial charge in [-0.2, -0.15) is 0 Å². The Morgan fingerprint density at radius 3 is 2.45 bits per heavy atom. The molecule has 60 valence electrons. The highest BCUT2D eigenvalue weighted by Crippen LogP contribution is 2.17. The van der Waals surface area contributed by atoms with E-state index in [1.807, 2.05) is 12.1 Å². The molecule has 0 fully saturated rings. The number of rotatable bonds is 3. The second kappa shape index (κ2) is 4.38. The van der Waals surface area contributed by atoms with Gasteiger partial charge < -0.3 is 0 Å². The van der Waals surface area contributed by atoms with Crippen molar-refractivity contribution in [3.8, 4) is 0 Å². The van der Waals surface area contributed by atoms with Crippen molar-refractivity contribution in [3.63, 3.8) is 0 Å². The van der Waals surface area contributed by atoms with E-state index in [1.165, 1.54) is 17.6 Å². The first-order chi connectivity index (χ1) is 5.36. The summed E-state index contributed by atoms with van der Waals surface area (Å²) in [6.45, 7) is 2.13. The van der Waals surface area contributed by atoms with Crippen molar-refractivity contribution in [3.05, 3.63) is 29.8 Å². The largest absolute Gasteiger partial charge is 0.229 e. The van der Waals surface area contributed by atoms with E-state index in [4.69, 9.17) is 5.90 Å². The maximum absolute atomic E-state index is 4.89. The molecule has 0 atom stereocenters. The van der Waals surface area contributed by atoms with Crippen LogP contribution in [0.4, 0.5) is 0 Å². The molecule has 0 saturated heterocycles. The highest BCUT2D eigenvalue weighted by atomic mass is 32.2. The van der Waals surface area contributed by atoms with E-state index >= 15 is 0 Å². The average Bonchev–Trinajstić information content (AvgIpc) is 2.07. The van der Waals surface area contributed by atoms with Crippen molar-refractivity contribution in [2.24, 2.45) is 5.90 Å². The second-order valence-corrected chi connectivity index (χ2v) is 3.01. The van der Waals surface area contributed by atoms with E-state index < -0.39 is 0 Å². The molecule has 0 aliphatic rings. The van der Waals surface area contributed by atoms with Crippen molar-refractivity contribution in [2.45, 2.75) is 18.2 Å². The number of nitrogens with two attached hydrogens (primary N) is 1. The molecular formula is C8H11NOS. The van der Waals surface area contributed by atoms with Gasteiger partial charge in [0.15, 0.2) is 0 Å². The summed E-state index contributed by atoms with van der Waals surface area (Å²) in [4.78, 5) is 1.03. The van der Waals surface area contributed by atoms with Gasteiger partial charge in [-0.3, -0.25) is 0 Å². The molecule has 0 unspecified atom stereocenters. The van der Waals surface area contributed by atoms with Crippen LogP contribution in [0, 0.1) is 0 Å². The predicted octanol–water partition coefficient (Wildman–Crippen LogP) is 2.15. The van der Waals surface area contributed by atoms with Crippen LogP contribution in [-0.2, 0) is 10.7 Å². The van der Waals surface area contributed by atoms with Crippen molar-refractivity contribution in [2.75, 3.05) is 0 Å². The van der Waals surface area contributed by atoms with E-state index in [0.717, 1.165) is 11.3 Å². The number of hydrogen-bond donors (Lipinski definition) is 1. The van der Waals surface area contributed by atoms with Crippen LogP contribution in [0.1, 0.15) is 12.5 Å². The van der Waals surface area contributed by atoms with Crippen LogP contribution < -0.4 is 5.90 Å². The summed E-state index contributed by atoms with van der Waals surface area (Å²) in [6, 6.07) is 8.13. The van der Waals surface area contributed by atoms with Gasteiger partial charge in [-0.25, -0.2) is 10.2 Å². The van der Waals surface area contributed by atoms with Gasteiger partial charge >= 0.3 is 0 Å². The van der Waals surface area contributed by atoms with Gasteiger partial charge in [0.25, 0.3) is 0 Å². The van der Waals surface area contributed by atoms with E-state index in [-0.39, 0.29) is 0 Å². The lowest BCUT2D eigenvalue weighted by Crippen LogP contribution is -1.87. The zero-order chi connectivity index (χ0) is 8.10. The zero-order valence-electron chi connectivity index (χ0n) is 6.41. The maximum Gasteiger partial charge on any atom is 0.0521 e. The predicted molar refractivity (Wildman–Crippen MR) is 46.9 cm³/mol. The van der Waals surface area contributed by atoms with Crippen molar-refractivity contribution >= 4 is 12.0 Å². The lowest BCUT2D eigenvalue weighted by Gasteiger charge is -1.98. The first-order valence-electron chi connectivity index (χ1n) is 3.49. The topological polar surface area (TPSA) is 35.2 Å². The number of benzene rings is 1. The van der Waals surface area contributed by atoms with E-state index in [2.05, 4.69) is 23.3 Å². The SMILES string of the molecule is CCc1ccc(SON)cc1.